The second-order valence-electron chi connectivity index (χ2n) is 6.54. The summed E-state index contributed by atoms with van der Waals surface area (Å²) >= 11 is 0. The van der Waals surface area contributed by atoms with Crippen LogP contribution in [-0.2, 0) is 16.6 Å². The molecule has 0 spiro atoms. The van der Waals surface area contributed by atoms with Crippen molar-refractivity contribution in [2.24, 2.45) is 5.92 Å². The molecule has 23 heavy (non-hydrogen) atoms. The molecule has 1 aliphatic heterocycles. The second-order valence-corrected chi connectivity index (χ2v) is 8.86. The van der Waals surface area contributed by atoms with Crippen LogP contribution in [0.1, 0.15) is 32.3 Å². The second kappa shape index (κ2) is 8.13. The molecule has 1 fully saturated rings. The van der Waals surface area contributed by atoms with E-state index in [9.17, 15) is 8.42 Å². The minimum absolute atomic E-state index is 0.376. The Morgan fingerprint density at radius 3 is 2.87 bits per heavy atom. The van der Waals surface area contributed by atoms with Gasteiger partial charge in [-0.05, 0) is 56.8 Å². The highest BCUT2D eigenvalue weighted by molar-refractivity contribution is 7.90. The monoisotopic (exact) mass is 340 g/mol. The molecule has 1 aromatic carbocycles. The Morgan fingerprint density at radius 2 is 2.17 bits per heavy atom. The molecule has 5 nitrogen and oxygen atoms in total. The van der Waals surface area contributed by atoms with Crippen molar-refractivity contribution < 1.29 is 13.2 Å². The molecule has 1 aliphatic rings. The lowest BCUT2D eigenvalue weighted by atomic mass is 9.98. The molecule has 130 valence electrons. The number of likely N-dealkylation sites (tertiary alicyclic amines) is 1. The number of methoxy groups -OCH3 is 1. The predicted molar refractivity (Wildman–Crippen MR) is 93.1 cm³/mol. The van der Waals surface area contributed by atoms with E-state index in [2.05, 4.69) is 21.8 Å². The predicted octanol–water partition coefficient (Wildman–Crippen LogP) is 2.24. The minimum atomic E-state index is -3.17. The Bertz CT molecular complexity index is 602. The van der Waals surface area contributed by atoms with Gasteiger partial charge in [-0.2, -0.15) is 0 Å². The van der Waals surface area contributed by atoms with E-state index in [-0.39, 0.29) is 5.25 Å². The summed E-state index contributed by atoms with van der Waals surface area (Å²) in [7, 11) is -1.49. The van der Waals surface area contributed by atoms with Crippen molar-refractivity contribution in [2.45, 2.75) is 38.5 Å². The van der Waals surface area contributed by atoms with Gasteiger partial charge in [-0.15, -0.1) is 0 Å². The first-order valence-electron chi connectivity index (χ1n) is 8.24. The fourth-order valence-corrected chi connectivity index (χ4v) is 3.69. The molecule has 1 aromatic rings. The Labute approximate surface area is 140 Å². The first kappa shape index (κ1) is 18.2. The molecule has 0 aromatic heterocycles. The zero-order valence-electron chi connectivity index (χ0n) is 14.3. The van der Waals surface area contributed by atoms with Crippen LogP contribution in [0.3, 0.4) is 0 Å². The Hall–Kier alpha value is -1.11. The highest BCUT2D eigenvalue weighted by Gasteiger charge is 2.23. The molecule has 1 heterocycles. The quantitative estimate of drug-likeness (QED) is 0.827. The van der Waals surface area contributed by atoms with Gasteiger partial charge in [0.05, 0.1) is 12.4 Å². The van der Waals surface area contributed by atoms with Crippen molar-refractivity contribution in [1.29, 1.82) is 0 Å². The summed E-state index contributed by atoms with van der Waals surface area (Å²) in [5.41, 5.74) is 1.23. The summed E-state index contributed by atoms with van der Waals surface area (Å²) in [5.74, 6) is 1.25. The molecule has 1 unspecified atom stereocenters. The average Bonchev–Trinajstić information content (AvgIpc) is 2.53. The van der Waals surface area contributed by atoms with Gasteiger partial charge in [0, 0.05) is 19.6 Å². The number of rotatable bonds is 7. The van der Waals surface area contributed by atoms with Crippen molar-refractivity contribution in [3.05, 3.63) is 29.8 Å². The molecule has 0 amide bonds. The Kier molecular flexibility index (Phi) is 6.44. The third kappa shape index (κ3) is 5.48. The molecule has 0 radical (unpaired) electrons. The maximum atomic E-state index is 11.9. The molecular formula is C17H28N2O3S. The van der Waals surface area contributed by atoms with E-state index in [1.54, 1.807) is 21.0 Å². The van der Waals surface area contributed by atoms with Crippen LogP contribution in [0.5, 0.6) is 5.75 Å². The van der Waals surface area contributed by atoms with Gasteiger partial charge in [-0.3, -0.25) is 4.90 Å². The summed E-state index contributed by atoms with van der Waals surface area (Å²) in [6.07, 6.45) is 2.19. The smallest absolute Gasteiger partial charge is 0.213 e. The van der Waals surface area contributed by atoms with Crippen LogP contribution in [0.2, 0.25) is 0 Å². The number of hydrogen-bond acceptors (Lipinski definition) is 4. The van der Waals surface area contributed by atoms with Crippen molar-refractivity contribution >= 4 is 10.0 Å². The van der Waals surface area contributed by atoms with Gasteiger partial charge in [0.2, 0.25) is 10.0 Å². The minimum Gasteiger partial charge on any atom is -0.497 e. The lowest BCUT2D eigenvalue weighted by molar-refractivity contribution is 0.168. The molecule has 0 bridgehead atoms. The first-order valence-corrected chi connectivity index (χ1v) is 9.79. The van der Waals surface area contributed by atoms with Gasteiger partial charge in [0.1, 0.15) is 5.75 Å². The normalized spacial score (nSPS) is 19.9. The van der Waals surface area contributed by atoms with Gasteiger partial charge < -0.3 is 4.74 Å². The number of ether oxygens (including phenoxy) is 1. The number of benzene rings is 1. The Morgan fingerprint density at radius 1 is 1.39 bits per heavy atom. The fourth-order valence-electron chi connectivity index (χ4n) is 2.89. The van der Waals surface area contributed by atoms with Crippen LogP contribution in [0.4, 0.5) is 0 Å². The van der Waals surface area contributed by atoms with Gasteiger partial charge in [-0.1, -0.05) is 12.1 Å². The lowest BCUT2D eigenvalue weighted by Crippen LogP contribution is -2.42. The van der Waals surface area contributed by atoms with Crippen LogP contribution in [0, 0.1) is 5.92 Å². The summed E-state index contributed by atoms with van der Waals surface area (Å²) in [5, 5.41) is -0.376. The zero-order valence-corrected chi connectivity index (χ0v) is 15.1. The summed E-state index contributed by atoms with van der Waals surface area (Å²) in [4.78, 5) is 2.40. The highest BCUT2D eigenvalue weighted by atomic mass is 32.2. The summed E-state index contributed by atoms with van der Waals surface area (Å²) in [6.45, 7) is 6.82. The van der Waals surface area contributed by atoms with E-state index in [4.69, 9.17) is 4.74 Å². The topological polar surface area (TPSA) is 58.6 Å². The Balaban J connectivity index is 1.88. The summed E-state index contributed by atoms with van der Waals surface area (Å²) in [6, 6.07) is 8.12. The van der Waals surface area contributed by atoms with Crippen LogP contribution in [0.15, 0.2) is 24.3 Å². The third-order valence-corrected chi connectivity index (χ3v) is 6.15. The standard InChI is InChI=1S/C17H28N2O3S/c1-14(2)23(20,21)18-11-16-7-5-9-19(13-16)12-15-6-4-8-17(10-15)22-3/h4,6,8,10,14,16,18H,5,7,9,11-13H2,1-3H3. The van der Waals surface area contributed by atoms with Crippen LogP contribution in [-0.4, -0.2) is 45.3 Å². The lowest BCUT2D eigenvalue weighted by Gasteiger charge is -2.33. The molecule has 6 heteroatoms. The SMILES string of the molecule is COc1cccc(CN2CCCC(CNS(=O)(=O)C(C)C)C2)c1. The van der Waals surface area contributed by atoms with Gasteiger partial charge in [-0.25, -0.2) is 13.1 Å². The van der Waals surface area contributed by atoms with Crippen LogP contribution >= 0.6 is 0 Å². The average molecular weight is 340 g/mol. The van der Waals surface area contributed by atoms with Crippen LogP contribution in [0.25, 0.3) is 0 Å². The third-order valence-electron chi connectivity index (χ3n) is 4.34. The number of nitrogens with one attached hydrogen (secondary N) is 1. The van der Waals surface area contributed by atoms with E-state index in [1.807, 2.05) is 12.1 Å². The molecule has 0 saturated carbocycles. The van der Waals surface area contributed by atoms with E-state index < -0.39 is 10.0 Å². The van der Waals surface area contributed by atoms with E-state index >= 15 is 0 Å². The molecule has 1 saturated heterocycles. The van der Waals surface area contributed by atoms with Crippen molar-refractivity contribution in [1.82, 2.24) is 9.62 Å². The van der Waals surface area contributed by atoms with Crippen LogP contribution < -0.4 is 9.46 Å². The number of nitrogens with zero attached hydrogens (tertiary/aromatic N) is 1. The molecule has 2 rings (SSSR count). The molecule has 0 aliphatic carbocycles. The number of sulfonamides is 1. The van der Waals surface area contributed by atoms with E-state index in [1.165, 1.54) is 5.56 Å². The van der Waals surface area contributed by atoms with Gasteiger partial charge in [0.15, 0.2) is 0 Å². The molecular weight excluding hydrogens is 312 g/mol. The van der Waals surface area contributed by atoms with Gasteiger partial charge in [0.25, 0.3) is 0 Å². The number of hydrogen-bond donors (Lipinski definition) is 1. The van der Waals surface area contributed by atoms with Crippen molar-refractivity contribution in [3.63, 3.8) is 0 Å². The maximum Gasteiger partial charge on any atom is 0.213 e. The van der Waals surface area contributed by atoms with E-state index in [0.717, 1.165) is 38.2 Å². The molecule has 1 atom stereocenters. The number of piperidine rings is 1. The largest absolute Gasteiger partial charge is 0.497 e. The maximum absolute atomic E-state index is 11.9. The first-order chi connectivity index (χ1) is 10.9. The van der Waals surface area contributed by atoms with Crippen molar-refractivity contribution in [3.8, 4) is 5.75 Å². The van der Waals surface area contributed by atoms with Gasteiger partial charge >= 0.3 is 0 Å². The fraction of sp³-hybridized carbons (Fsp3) is 0.647. The highest BCUT2D eigenvalue weighted by Crippen LogP contribution is 2.20. The molecule has 1 N–H and O–H groups in total. The summed E-state index contributed by atoms with van der Waals surface area (Å²) < 4.78 is 31.8. The van der Waals surface area contributed by atoms with E-state index in [0.29, 0.717) is 12.5 Å². The zero-order chi connectivity index (χ0) is 16.9. The van der Waals surface area contributed by atoms with Crippen molar-refractivity contribution in [2.75, 3.05) is 26.7 Å².